The number of ether oxygens (including phenoxy) is 3. The first-order chi connectivity index (χ1) is 13.1. The Balaban J connectivity index is 1.86. The minimum atomic E-state index is 0.531. The highest BCUT2D eigenvalue weighted by molar-refractivity contribution is 6.31. The van der Waals surface area contributed by atoms with Crippen molar-refractivity contribution in [3.8, 4) is 39.9 Å². The van der Waals surface area contributed by atoms with Crippen LogP contribution in [0.1, 0.15) is 0 Å². The molecule has 0 amide bonds. The number of benzene rings is 2. The number of nitrogens with one attached hydrogen (secondary N) is 2. The summed E-state index contributed by atoms with van der Waals surface area (Å²) in [4.78, 5) is 7.93. The molecule has 2 heterocycles. The second-order valence-corrected chi connectivity index (χ2v) is 6.26. The molecule has 0 aliphatic heterocycles. The molecule has 0 unspecified atom stereocenters. The Hall–Kier alpha value is -3.19. The number of H-pyrrole nitrogens is 2. The summed E-state index contributed by atoms with van der Waals surface area (Å²) in [7, 11) is 4.73. The first-order valence-electron chi connectivity index (χ1n) is 8.14. The Morgan fingerprint density at radius 1 is 0.963 bits per heavy atom. The van der Waals surface area contributed by atoms with Crippen LogP contribution in [0.2, 0.25) is 5.02 Å². The lowest BCUT2D eigenvalue weighted by Crippen LogP contribution is -1.96. The molecule has 0 aliphatic carbocycles. The molecule has 2 aromatic heterocycles. The first-order valence-corrected chi connectivity index (χ1v) is 8.51. The van der Waals surface area contributed by atoms with Gasteiger partial charge >= 0.3 is 0 Å². The summed E-state index contributed by atoms with van der Waals surface area (Å²) in [5.41, 5.74) is 4.10. The summed E-state index contributed by atoms with van der Waals surface area (Å²) in [5.74, 6) is 2.33. The van der Waals surface area contributed by atoms with E-state index >= 15 is 0 Å². The number of aromatic nitrogens is 4. The monoisotopic (exact) mass is 384 g/mol. The highest BCUT2D eigenvalue weighted by atomic mass is 35.5. The number of hydrogen-bond donors (Lipinski definition) is 2. The zero-order chi connectivity index (χ0) is 19.0. The Labute approximate surface area is 160 Å². The van der Waals surface area contributed by atoms with Gasteiger partial charge in [-0.3, -0.25) is 5.10 Å². The molecule has 0 saturated heterocycles. The van der Waals surface area contributed by atoms with E-state index in [0.717, 1.165) is 27.9 Å². The molecular formula is C19H17ClN4O3. The third kappa shape index (κ3) is 2.96. The molecule has 4 aromatic rings. The Morgan fingerprint density at radius 2 is 1.70 bits per heavy atom. The lowest BCUT2D eigenvalue weighted by molar-refractivity contribution is 0.324. The van der Waals surface area contributed by atoms with Gasteiger partial charge in [0.15, 0.2) is 11.5 Å². The standard InChI is InChI=1S/C19H17ClN4O3/c1-25-15-6-10(7-16(26-2)18(15)27-3)17-12(9-21-24-17)19-22-13-5-4-11(20)8-14(13)23-19/h4-9H,1-3H3,(H,21,24)(H,22,23). The van der Waals surface area contributed by atoms with Crippen molar-refractivity contribution in [2.75, 3.05) is 21.3 Å². The SMILES string of the molecule is COc1cc(-c2[nH]ncc2-c2nc3ccc(Cl)cc3[nH]2)cc(OC)c1OC. The molecule has 2 N–H and O–H groups in total. The average molecular weight is 385 g/mol. The molecule has 2 aromatic carbocycles. The van der Waals surface area contributed by atoms with Crippen molar-refractivity contribution in [3.63, 3.8) is 0 Å². The van der Waals surface area contributed by atoms with E-state index in [1.807, 2.05) is 30.3 Å². The van der Waals surface area contributed by atoms with Gasteiger partial charge in [0.1, 0.15) is 5.82 Å². The maximum Gasteiger partial charge on any atom is 0.203 e. The minimum absolute atomic E-state index is 0.531. The average Bonchev–Trinajstić information content (AvgIpc) is 3.32. The van der Waals surface area contributed by atoms with Crippen LogP contribution in [0.5, 0.6) is 17.2 Å². The summed E-state index contributed by atoms with van der Waals surface area (Å²) in [6, 6.07) is 9.24. The molecule has 0 aliphatic rings. The molecule has 0 fully saturated rings. The van der Waals surface area contributed by atoms with E-state index in [4.69, 9.17) is 25.8 Å². The second kappa shape index (κ2) is 6.85. The molecule has 138 valence electrons. The number of rotatable bonds is 5. The maximum absolute atomic E-state index is 6.07. The topological polar surface area (TPSA) is 85.1 Å². The fraction of sp³-hybridized carbons (Fsp3) is 0.158. The number of methoxy groups -OCH3 is 3. The van der Waals surface area contributed by atoms with Crippen LogP contribution in [0.15, 0.2) is 36.5 Å². The van der Waals surface area contributed by atoms with Crippen LogP contribution < -0.4 is 14.2 Å². The van der Waals surface area contributed by atoms with E-state index in [0.29, 0.717) is 28.1 Å². The van der Waals surface area contributed by atoms with E-state index in [2.05, 4.69) is 20.2 Å². The van der Waals surface area contributed by atoms with Crippen molar-refractivity contribution < 1.29 is 14.2 Å². The lowest BCUT2D eigenvalue weighted by Gasteiger charge is -2.14. The zero-order valence-corrected chi connectivity index (χ0v) is 15.7. The van der Waals surface area contributed by atoms with Crippen LogP contribution in [0.25, 0.3) is 33.7 Å². The lowest BCUT2D eigenvalue weighted by atomic mass is 10.1. The molecule has 8 heteroatoms. The van der Waals surface area contributed by atoms with Crippen LogP contribution in [0, 0.1) is 0 Å². The summed E-state index contributed by atoms with van der Waals surface area (Å²) in [6.45, 7) is 0. The number of hydrogen-bond acceptors (Lipinski definition) is 5. The number of fused-ring (bicyclic) bond motifs is 1. The van der Waals surface area contributed by atoms with Gasteiger partial charge in [-0.25, -0.2) is 4.98 Å². The van der Waals surface area contributed by atoms with Crippen molar-refractivity contribution in [2.24, 2.45) is 0 Å². The van der Waals surface area contributed by atoms with Crippen molar-refractivity contribution in [3.05, 3.63) is 41.6 Å². The van der Waals surface area contributed by atoms with Crippen LogP contribution in [0.3, 0.4) is 0 Å². The van der Waals surface area contributed by atoms with Crippen molar-refractivity contribution >= 4 is 22.6 Å². The van der Waals surface area contributed by atoms with Gasteiger partial charge in [0, 0.05) is 10.6 Å². The molecule has 0 spiro atoms. The third-order valence-electron chi connectivity index (χ3n) is 4.29. The molecule has 0 saturated carbocycles. The van der Waals surface area contributed by atoms with Crippen molar-refractivity contribution in [1.29, 1.82) is 0 Å². The number of aromatic amines is 2. The quantitative estimate of drug-likeness (QED) is 0.536. The van der Waals surface area contributed by atoms with E-state index in [-0.39, 0.29) is 0 Å². The van der Waals surface area contributed by atoms with Gasteiger partial charge < -0.3 is 19.2 Å². The van der Waals surface area contributed by atoms with E-state index < -0.39 is 0 Å². The predicted octanol–water partition coefficient (Wildman–Crippen LogP) is 4.30. The third-order valence-corrected chi connectivity index (χ3v) is 4.53. The fourth-order valence-corrected chi connectivity index (χ4v) is 3.19. The van der Waals surface area contributed by atoms with Gasteiger partial charge in [-0.1, -0.05) is 11.6 Å². The van der Waals surface area contributed by atoms with Gasteiger partial charge in [-0.2, -0.15) is 5.10 Å². The Morgan fingerprint density at radius 3 is 2.37 bits per heavy atom. The molecule has 0 bridgehead atoms. The summed E-state index contributed by atoms with van der Waals surface area (Å²) >= 11 is 6.07. The number of imidazole rings is 1. The summed E-state index contributed by atoms with van der Waals surface area (Å²) in [5, 5.41) is 7.87. The van der Waals surface area contributed by atoms with Gasteiger partial charge in [0.05, 0.1) is 49.8 Å². The zero-order valence-electron chi connectivity index (χ0n) is 15.0. The van der Waals surface area contributed by atoms with E-state index in [9.17, 15) is 0 Å². The van der Waals surface area contributed by atoms with E-state index in [1.54, 1.807) is 27.5 Å². The van der Waals surface area contributed by atoms with Crippen LogP contribution in [0.4, 0.5) is 0 Å². The smallest absolute Gasteiger partial charge is 0.203 e. The highest BCUT2D eigenvalue weighted by Crippen LogP contribution is 2.42. The molecule has 27 heavy (non-hydrogen) atoms. The maximum atomic E-state index is 6.07. The van der Waals surface area contributed by atoms with Gasteiger partial charge in [0.2, 0.25) is 5.75 Å². The summed E-state index contributed by atoms with van der Waals surface area (Å²) in [6.07, 6.45) is 1.72. The highest BCUT2D eigenvalue weighted by Gasteiger charge is 2.19. The molecule has 4 rings (SSSR count). The number of nitrogens with zero attached hydrogens (tertiary/aromatic N) is 2. The van der Waals surface area contributed by atoms with Gasteiger partial charge in [-0.15, -0.1) is 0 Å². The van der Waals surface area contributed by atoms with E-state index in [1.165, 1.54) is 0 Å². The number of halogens is 1. The van der Waals surface area contributed by atoms with Crippen LogP contribution >= 0.6 is 11.6 Å². The second-order valence-electron chi connectivity index (χ2n) is 5.82. The van der Waals surface area contributed by atoms with Gasteiger partial charge in [0.25, 0.3) is 0 Å². The van der Waals surface area contributed by atoms with Gasteiger partial charge in [-0.05, 0) is 30.3 Å². The van der Waals surface area contributed by atoms with Crippen LogP contribution in [-0.4, -0.2) is 41.5 Å². The minimum Gasteiger partial charge on any atom is -0.493 e. The van der Waals surface area contributed by atoms with Crippen molar-refractivity contribution in [1.82, 2.24) is 20.2 Å². The normalized spacial score (nSPS) is 11.0. The Kier molecular flexibility index (Phi) is 4.37. The first kappa shape index (κ1) is 17.2. The van der Waals surface area contributed by atoms with Crippen LogP contribution in [-0.2, 0) is 0 Å². The molecule has 7 nitrogen and oxygen atoms in total. The van der Waals surface area contributed by atoms with Crippen molar-refractivity contribution in [2.45, 2.75) is 0 Å². The Bertz CT molecular complexity index is 1090. The molecule has 0 radical (unpaired) electrons. The molecular weight excluding hydrogens is 368 g/mol. The fourth-order valence-electron chi connectivity index (χ4n) is 3.02. The summed E-state index contributed by atoms with van der Waals surface area (Å²) < 4.78 is 16.3. The largest absolute Gasteiger partial charge is 0.493 e. The molecule has 0 atom stereocenters. The predicted molar refractivity (Wildman–Crippen MR) is 104 cm³/mol.